The van der Waals surface area contributed by atoms with Crippen molar-refractivity contribution < 1.29 is 8.78 Å². The van der Waals surface area contributed by atoms with Gasteiger partial charge in [0.05, 0.1) is 0 Å². The lowest BCUT2D eigenvalue weighted by atomic mass is 9.91. The van der Waals surface area contributed by atoms with Gasteiger partial charge in [0, 0.05) is 44.5 Å². The number of rotatable bonds is 8. The predicted octanol–water partition coefficient (Wildman–Crippen LogP) is 10.8. The number of hydrogen-bond donors (Lipinski definition) is 1. The zero-order valence-electron chi connectivity index (χ0n) is 26.6. The number of nitrogens with zero attached hydrogens (tertiary/aromatic N) is 1. The fraction of sp³-hybridized carbons (Fsp3) is 0.421. The second-order valence-electron chi connectivity index (χ2n) is 11.6. The lowest BCUT2D eigenvalue weighted by molar-refractivity contribution is -0.00829. The second-order valence-corrected chi connectivity index (χ2v) is 11.6. The molecule has 2 aliphatic rings. The molecule has 0 aliphatic heterocycles. The summed E-state index contributed by atoms with van der Waals surface area (Å²) in [6, 6.07) is 21.9. The zero-order chi connectivity index (χ0) is 30.5. The molecule has 0 bridgehead atoms. The van der Waals surface area contributed by atoms with Crippen molar-refractivity contribution in [1.29, 1.82) is 0 Å². The lowest BCUT2D eigenvalue weighted by Crippen LogP contribution is -2.11. The summed E-state index contributed by atoms with van der Waals surface area (Å²) in [5, 5.41) is 3.11. The van der Waals surface area contributed by atoms with Crippen LogP contribution in [0.25, 0.3) is 6.08 Å². The summed E-state index contributed by atoms with van der Waals surface area (Å²) in [6.07, 6.45) is 14.1. The van der Waals surface area contributed by atoms with Crippen molar-refractivity contribution in [3.8, 4) is 0 Å². The Balaban J connectivity index is 0.000000176. The van der Waals surface area contributed by atoms with Crippen LogP contribution in [0.3, 0.4) is 0 Å². The van der Waals surface area contributed by atoms with Gasteiger partial charge in [-0.05, 0) is 93.2 Å². The summed E-state index contributed by atoms with van der Waals surface area (Å²) in [5.74, 6) is -2.69. The van der Waals surface area contributed by atoms with Gasteiger partial charge in [-0.2, -0.15) is 0 Å². The van der Waals surface area contributed by atoms with Crippen molar-refractivity contribution in [3.05, 3.63) is 112 Å². The summed E-state index contributed by atoms with van der Waals surface area (Å²) >= 11 is 0. The summed E-state index contributed by atoms with van der Waals surface area (Å²) in [4.78, 5) is 2.16. The average Bonchev–Trinajstić information content (AvgIpc) is 2.95. The molecule has 0 heterocycles. The van der Waals surface area contributed by atoms with Gasteiger partial charge in [0.25, 0.3) is 5.92 Å². The number of aryl methyl sites for hydroxylation is 2. The van der Waals surface area contributed by atoms with E-state index < -0.39 is 5.92 Å². The number of allylic oxidation sites excluding steroid dienone is 3. The van der Waals surface area contributed by atoms with Crippen molar-refractivity contribution in [3.63, 3.8) is 0 Å². The minimum absolute atomic E-state index is 0.125. The first-order chi connectivity index (χ1) is 20.1. The molecule has 0 amide bonds. The van der Waals surface area contributed by atoms with E-state index in [-0.39, 0.29) is 12.0 Å². The van der Waals surface area contributed by atoms with Gasteiger partial charge in [-0.1, -0.05) is 91.2 Å². The average molecular weight is 573 g/mol. The van der Waals surface area contributed by atoms with E-state index in [1.54, 1.807) is 17.7 Å². The number of hydrogen-bond acceptors (Lipinski definition) is 2. The van der Waals surface area contributed by atoms with E-state index in [1.165, 1.54) is 79.1 Å². The number of benzene rings is 3. The van der Waals surface area contributed by atoms with Crippen LogP contribution in [0.1, 0.15) is 86.6 Å². The molecule has 42 heavy (non-hydrogen) atoms. The first kappa shape index (κ1) is 33.1. The summed E-state index contributed by atoms with van der Waals surface area (Å²) in [7, 11) is 6.12. The third-order valence-corrected chi connectivity index (χ3v) is 8.11. The van der Waals surface area contributed by atoms with Crippen molar-refractivity contribution in [2.45, 2.75) is 84.5 Å². The monoisotopic (exact) mass is 572 g/mol. The molecule has 0 radical (unpaired) electrons. The smallest absolute Gasteiger partial charge is 0.273 e. The molecular formula is C38H50F2N2. The van der Waals surface area contributed by atoms with Gasteiger partial charge < -0.3 is 10.2 Å². The number of anilines is 2. The summed E-state index contributed by atoms with van der Waals surface area (Å²) in [6.45, 7) is 5.84. The van der Waals surface area contributed by atoms with Crippen LogP contribution < -0.4 is 10.2 Å². The van der Waals surface area contributed by atoms with Gasteiger partial charge in [-0.25, -0.2) is 8.78 Å². The van der Waals surface area contributed by atoms with Gasteiger partial charge in [0.1, 0.15) is 0 Å². The Morgan fingerprint density at radius 3 is 1.93 bits per heavy atom. The standard InChI is InChI=1S/C15H18F2.C12H15N.C11H17N/c1-2-15(16,17)14-10-8-13(9-11-14)7-6-12-4-3-5-12;1-13-12-7-5-11(6-8-12)9-10-3-2-4-10;1-5-10-8-9(2)6-7-11(10)12(3)4/h6,8-11H,2-5,7H2,1H3;5-9,13H,2-4H2,1H3;6-8H,5H2,1-4H3. The van der Waals surface area contributed by atoms with E-state index >= 15 is 0 Å². The van der Waals surface area contributed by atoms with Gasteiger partial charge in [-0.3, -0.25) is 0 Å². The predicted molar refractivity (Wildman–Crippen MR) is 179 cm³/mol. The molecule has 0 spiro atoms. The molecule has 3 aromatic rings. The number of halogens is 2. The Morgan fingerprint density at radius 1 is 0.833 bits per heavy atom. The molecule has 2 aliphatic carbocycles. The Kier molecular flexibility index (Phi) is 12.8. The highest BCUT2D eigenvalue weighted by Gasteiger charge is 2.28. The molecule has 0 atom stereocenters. The van der Waals surface area contributed by atoms with Crippen molar-refractivity contribution in [1.82, 2.24) is 0 Å². The SMILES string of the molecule is CCC(F)(F)c1ccc(CC=C2CCC2)cc1.CCc1cc(C)ccc1N(C)C.CNc1ccc(C=C2CCC2)cc1. The van der Waals surface area contributed by atoms with E-state index in [9.17, 15) is 8.78 Å². The summed E-state index contributed by atoms with van der Waals surface area (Å²) < 4.78 is 26.8. The van der Waals surface area contributed by atoms with E-state index in [1.807, 2.05) is 19.2 Å². The van der Waals surface area contributed by atoms with E-state index in [0.717, 1.165) is 18.4 Å². The molecule has 0 aromatic heterocycles. The fourth-order valence-corrected chi connectivity index (χ4v) is 4.88. The first-order valence-corrected chi connectivity index (χ1v) is 15.5. The van der Waals surface area contributed by atoms with Crippen LogP contribution in [0.15, 0.2) is 84.0 Å². The minimum atomic E-state index is -2.69. The highest BCUT2D eigenvalue weighted by Crippen LogP contribution is 2.32. The normalized spacial score (nSPS) is 13.8. The highest BCUT2D eigenvalue weighted by molar-refractivity contribution is 5.58. The van der Waals surface area contributed by atoms with Gasteiger partial charge in [0.15, 0.2) is 0 Å². The van der Waals surface area contributed by atoms with Crippen LogP contribution in [-0.2, 0) is 18.8 Å². The molecule has 0 unspecified atom stereocenters. The number of alkyl halides is 2. The van der Waals surface area contributed by atoms with Crippen LogP contribution >= 0.6 is 0 Å². The van der Waals surface area contributed by atoms with Crippen LogP contribution in [0.5, 0.6) is 0 Å². The molecule has 2 fully saturated rings. The minimum Gasteiger partial charge on any atom is -0.388 e. The van der Waals surface area contributed by atoms with E-state index in [4.69, 9.17) is 0 Å². The lowest BCUT2D eigenvalue weighted by Gasteiger charge is -2.17. The molecule has 2 saturated carbocycles. The topological polar surface area (TPSA) is 15.3 Å². The molecule has 4 heteroatoms. The molecule has 5 rings (SSSR count). The van der Waals surface area contributed by atoms with Gasteiger partial charge >= 0.3 is 0 Å². The molecule has 1 N–H and O–H groups in total. The Hall–Kier alpha value is -3.40. The molecular weight excluding hydrogens is 522 g/mol. The maximum absolute atomic E-state index is 13.4. The van der Waals surface area contributed by atoms with Crippen molar-refractivity contribution in [2.24, 2.45) is 0 Å². The Morgan fingerprint density at radius 2 is 1.45 bits per heavy atom. The highest BCUT2D eigenvalue weighted by atomic mass is 19.3. The maximum atomic E-state index is 13.4. The summed E-state index contributed by atoms with van der Waals surface area (Å²) in [5.41, 5.74) is 11.0. The molecule has 226 valence electrons. The van der Waals surface area contributed by atoms with E-state index in [0.29, 0.717) is 0 Å². The quantitative estimate of drug-likeness (QED) is 0.270. The van der Waals surface area contributed by atoms with Crippen LogP contribution in [-0.4, -0.2) is 21.1 Å². The third kappa shape index (κ3) is 10.2. The Bertz CT molecular complexity index is 1290. The molecule has 3 aromatic carbocycles. The Labute approximate surface area is 253 Å². The maximum Gasteiger partial charge on any atom is 0.273 e. The first-order valence-electron chi connectivity index (χ1n) is 15.5. The van der Waals surface area contributed by atoms with Gasteiger partial charge in [-0.15, -0.1) is 0 Å². The molecule has 2 nitrogen and oxygen atoms in total. The molecule has 0 saturated heterocycles. The van der Waals surface area contributed by atoms with Crippen LogP contribution in [0.2, 0.25) is 0 Å². The van der Waals surface area contributed by atoms with Crippen LogP contribution in [0.4, 0.5) is 20.2 Å². The largest absolute Gasteiger partial charge is 0.388 e. The second kappa shape index (κ2) is 16.3. The van der Waals surface area contributed by atoms with Crippen molar-refractivity contribution >= 4 is 17.5 Å². The van der Waals surface area contributed by atoms with Gasteiger partial charge in [0.2, 0.25) is 0 Å². The fourth-order valence-electron chi connectivity index (χ4n) is 4.88. The van der Waals surface area contributed by atoms with Crippen LogP contribution in [0, 0.1) is 6.92 Å². The van der Waals surface area contributed by atoms with E-state index in [2.05, 4.69) is 92.8 Å². The van der Waals surface area contributed by atoms with Crippen molar-refractivity contribution in [2.75, 3.05) is 31.4 Å². The number of nitrogens with one attached hydrogen (secondary N) is 1. The zero-order valence-corrected chi connectivity index (χ0v) is 26.6. The third-order valence-electron chi connectivity index (χ3n) is 8.11.